The van der Waals surface area contributed by atoms with Gasteiger partial charge in [0.2, 0.25) is 10.0 Å². The van der Waals surface area contributed by atoms with Crippen LogP contribution in [0.4, 0.5) is 4.39 Å². The second-order valence-corrected chi connectivity index (χ2v) is 4.96. The smallest absolute Gasteiger partial charge is 0.207 e. The first kappa shape index (κ1) is 11.7. The molecule has 0 aromatic heterocycles. The summed E-state index contributed by atoms with van der Waals surface area (Å²) in [4.78, 5) is 0.0293. The van der Waals surface area contributed by atoms with Crippen LogP contribution in [0.5, 0.6) is 0 Å². The standard InChI is InChI=1S/C10H10FNO2S/c1-3-8-12(2)15(13,14)10-6-4-9(11)5-7-10/h1,4-7H,8H2,2H3. The van der Waals surface area contributed by atoms with Crippen molar-refractivity contribution < 1.29 is 12.8 Å². The summed E-state index contributed by atoms with van der Waals surface area (Å²) in [6.07, 6.45) is 5.01. The van der Waals surface area contributed by atoms with Crippen LogP contribution in [0.1, 0.15) is 0 Å². The maximum atomic E-state index is 12.6. The number of hydrogen-bond donors (Lipinski definition) is 0. The van der Waals surface area contributed by atoms with E-state index in [2.05, 4.69) is 5.92 Å². The molecule has 0 radical (unpaired) electrons. The van der Waals surface area contributed by atoms with Crippen LogP contribution in [0.25, 0.3) is 0 Å². The summed E-state index contributed by atoms with van der Waals surface area (Å²) < 4.78 is 37.1. The Balaban J connectivity index is 3.07. The third-order valence-electron chi connectivity index (χ3n) is 1.84. The minimum Gasteiger partial charge on any atom is -0.207 e. The molecule has 1 aromatic carbocycles. The number of halogens is 1. The van der Waals surface area contributed by atoms with Crippen LogP contribution in [0, 0.1) is 18.2 Å². The third kappa shape index (κ3) is 2.55. The molecule has 0 spiro atoms. The molecular formula is C10H10FNO2S. The molecule has 1 aromatic rings. The van der Waals surface area contributed by atoms with E-state index in [1.54, 1.807) is 0 Å². The van der Waals surface area contributed by atoms with Crippen LogP contribution in [0.2, 0.25) is 0 Å². The van der Waals surface area contributed by atoms with Gasteiger partial charge in [0.1, 0.15) is 5.82 Å². The number of nitrogens with zero attached hydrogens (tertiary/aromatic N) is 1. The van der Waals surface area contributed by atoms with Crippen molar-refractivity contribution in [1.29, 1.82) is 0 Å². The fraction of sp³-hybridized carbons (Fsp3) is 0.200. The summed E-state index contributed by atoms with van der Waals surface area (Å²) in [6.45, 7) is -0.0142. The van der Waals surface area contributed by atoms with Crippen molar-refractivity contribution in [3.8, 4) is 12.3 Å². The Morgan fingerprint density at radius 2 is 1.93 bits per heavy atom. The van der Waals surface area contributed by atoms with Crippen molar-refractivity contribution in [2.24, 2.45) is 0 Å². The fourth-order valence-corrected chi connectivity index (χ4v) is 2.08. The maximum Gasteiger partial charge on any atom is 0.243 e. The summed E-state index contributed by atoms with van der Waals surface area (Å²) >= 11 is 0. The first-order valence-electron chi connectivity index (χ1n) is 4.14. The van der Waals surface area contributed by atoms with Crippen molar-refractivity contribution in [2.45, 2.75) is 4.90 Å². The van der Waals surface area contributed by atoms with Crippen LogP contribution >= 0.6 is 0 Å². The van der Waals surface area contributed by atoms with Crippen molar-refractivity contribution in [2.75, 3.05) is 13.6 Å². The molecule has 0 amide bonds. The Morgan fingerprint density at radius 3 is 2.40 bits per heavy atom. The van der Waals surface area contributed by atoms with Crippen molar-refractivity contribution in [3.05, 3.63) is 30.1 Å². The Labute approximate surface area is 88.6 Å². The molecule has 0 unspecified atom stereocenters. The molecular weight excluding hydrogens is 217 g/mol. The van der Waals surface area contributed by atoms with Gasteiger partial charge in [-0.15, -0.1) is 6.42 Å². The molecule has 5 heteroatoms. The van der Waals surface area contributed by atoms with E-state index in [1.807, 2.05) is 0 Å². The third-order valence-corrected chi connectivity index (χ3v) is 3.65. The molecule has 0 fully saturated rings. The van der Waals surface area contributed by atoms with E-state index < -0.39 is 15.8 Å². The van der Waals surface area contributed by atoms with Gasteiger partial charge in [0.05, 0.1) is 11.4 Å². The molecule has 0 aliphatic rings. The number of benzene rings is 1. The zero-order valence-electron chi connectivity index (χ0n) is 8.14. The van der Waals surface area contributed by atoms with Gasteiger partial charge in [-0.05, 0) is 24.3 Å². The summed E-state index contributed by atoms with van der Waals surface area (Å²) in [6, 6.07) is 4.60. The van der Waals surface area contributed by atoms with E-state index in [4.69, 9.17) is 6.42 Å². The highest BCUT2D eigenvalue weighted by Crippen LogP contribution is 2.13. The summed E-state index contributed by atoms with van der Waals surface area (Å²) in [7, 11) is -2.22. The molecule has 3 nitrogen and oxygen atoms in total. The van der Waals surface area contributed by atoms with E-state index >= 15 is 0 Å². The van der Waals surface area contributed by atoms with E-state index in [0.717, 1.165) is 16.4 Å². The lowest BCUT2D eigenvalue weighted by Gasteiger charge is -2.13. The largest absolute Gasteiger partial charge is 0.243 e. The second-order valence-electron chi connectivity index (χ2n) is 2.92. The highest BCUT2D eigenvalue weighted by molar-refractivity contribution is 7.89. The molecule has 0 aliphatic carbocycles. The van der Waals surface area contributed by atoms with Crippen LogP contribution in [0.15, 0.2) is 29.2 Å². The van der Waals surface area contributed by atoms with Gasteiger partial charge < -0.3 is 0 Å². The van der Waals surface area contributed by atoms with Gasteiger partial charge in [-0.25, -0.2) is 12.8 Å². The first-order valence-corrected chi connectivity index (χ1v) is 5.58. The molecule has 0 atom stereocenters. The molecule has 0 saturated heterocycles. The average molecular weight is 227 g/mol. The zero-order valence-corrected chi connectivity index (χ0v) is 8.96. The van der Waals surface area contributed by atoms with Gasteiger partial charge in [-0.1, -0.05) is 5.92 Å². The van der Waals surface area contributed by atoms with Crippen LogP contribution in [-0.2, 0) is 10.0 Å². The topological polar surface area (TPSA) is 37.4 Å². The quantitative estimate of drug-likeness (QED) is 0.725. The Hall–Kier alpha value is -1.38. The van der Waals surface area contributed by atoms with Crippen LogP contribution in [-0.4, -0.2) is 26.3 Å². The maximum absolute atomic E-state index is 12.6. The molecule has 0 heterocycles. The highest BCUT2D eigenvalue weighted by Gasteiger charge is 2.19. The number of hydrogen-bond acceptors (Lipinski definition) is 2. The van der Waals surface area contributed by atoms with Gasteiger partial charge in [0.15, 0.2) is 0 Å². The predicted octanol–water partition coefficient (Wildman–Crippen LogP) is 1.08. The Bertz CT molecular complexity index is 473. The zero-order chi connectivity index (χ0) is 11.5. The SMILES string of the molecule is C#CCN(C)S(=O)(=O)c1ccc(F)cc1. The van der Waals surface area contributed by atoms with Crippen molar-refractivity contribution in [1.82, 2.24) is 4.31 Å². The number of terminal acetylenes is 1. The lowest BCUT2D eigenvalue weighted by molar-refractivity contribution is 0.502. The van der Waals surface area contributed by atoms with E-state index in [-0.39, 0.29) is 11.4 Å². The molecule has 0 N–H and O–H groups in total. The summed E-state index contributed by atoms with van der Waals surface area (Å²) in [5.41, 5.74) is 0. The van der Waals surface area contributed by atoms with Gasteiger partial charge in [-0.3, -0.25) is 0 Å². The fourth-order valence-electron chi connectivity index (χ4n) is 1.00. The second kappa shape index (κ2) is 4.43. The summed E-state index contributed by atoms with van der Waals surface area (Å²) in [5, 5.41) is 0. The lowest BCUT2D eigenvalue weighted by Crippen LogP contribution is -2.27. The van der Waals surface area contributed by atoms with E-state index in [9.17, 15) is 12.8 Å². The Kier molecular flexibility index (Phi) is 3.45. The van der Waals surface area contributed by atoms with Gasteiger partial charge >= 0.3 is 0 Å². The average Bonchev–Trinajstić information content (AvgIpc) is 2.18. The van der Waals surface area contributed by atoms with Crippen molar-refractivity contribution in [3.63, 3.8) is 0 Å². The monoisotopic (exact) mass is 227 g/mol. The molecule has 1 rings (SSSR count). The molecule has 15 heavy (non-hydrogen) atoms. The van der Waals surface area contributed by atoms with Crippen molar-refractivity contribution >= 4 is 10.0 Å². The van der Waals surface area contributed by atoms with Gasteiger partial charge in [0.25, 0.3) is 0 Å². The molecule has 80 valence electrons. The summed E-state index contributed by atoms with van der Waals surface area (Å²) in [5.74, 6) is 1.75. The predicted molar refractivity (Wildman–Crippen MR) is 55.0 cm³/mol. The van der Waals surface area contributed by atoms with E-state index in [1.165, 1.54) is 19.2 Å². The minimum atomic E-state index is -3.59. The Morgan fingerprint density at radius 1 is 1.40 bits per heavy atom. The van der Waals surface area contributed by atoms with Crippen LogP contribution < -0.4 is 0 Å². The molecule has 0 saturated carbocycles. The minimum absolute atomic E-state index is 0.0142. The van der Waals surface area contributed by atoms with Gasteiger partial charge in [-0.2, -0.15) is 4.31 Å². The van der Waals surface area contributed by atoms with Gasteiger partial charge in [0, 0.05) is 7.05 Å². The normalized spacial score (nSPS) is 11.3. The lowest BCUT2D eigenvalue weighted by atomic mass is 10.4. The highest BCUT2D eigenvalue weighted by atomic mass is 32.2. The number of rotatable bonds is 3. The molecule has 0 bridgehead atoms. The van der Waals surface area contributed by atoms with E-state index in [0.29, 0.717) is 0 Å². The first-order chi connectivity index (χ1) is 6.98. The number of sulfonamides is 1. The molecule has 0 aliphatic heterocycles. The van der Waals surface area contributed by atoms with Crippen LogP contribution in [0.3, 0.4) is 0 Å².